The maximum absolute atomic E-state index is 13.1. The molecule has 2 aliphatic heterocycles. The van der Waals surface area contributed by atoms with Crippen LogP contribution < -0.4 is 0 Å². The number of aromatic hydroxyl groups is 1. The van der Waals surface area contributed by atoms with Crippen molar-refractivity contribution in [3.05, 3.63) is 42.0 Å². The molecule has 0 aromatic heterocycles. The summed E-state index contributed by atoms with van der Waals surface area (Å²) >= 11 is 0. The molecule has 2 heterocycles. The van der Waals surface area contributed by atoms with Crippen molar-refractivity contribution in [1.29, 1.82) is 0 Å². The molecule has 1 amide bonds. The Morgan fingerprint density at radius 3 is 2.76 bits per heavy atom. The van der Waals surface area contributed by atoms with Crippen molar-refractivity contribution in [2.75, 3.05) is 26.3 Å². The number of phenols is 1. The number of rotatable bonds is 1. The molecular weight excluding hydrogens is 318 g/mol. The van der Waals surface area contributed by atoms with Crippen molar-refractivity contribution < 1.29 is 19.4 Å². The van der Waals surface area contributed by atoms with Gasteiger partial charge in [0.1, 0.15) is 5.75 Å². The molecule has 1 unspecified atom stereocenters. The van der Waals surface area contributed by atoms with E-state index in [4.69, 9.17) is 9.47 Å². The smallest absolute Gasteiger partial charge is 0.257 e. The highest BCUT2D eigenvalue weighted by Crippen LogP contribution is 2.34. The first-order chi connectivity index (χ1) is 12.1. The number of fused-ring (bicyclic) bond motifs is 1. The van der Waals surface area contributed by atoms with Crippen LogP contribution in [0.2, 0.25) is 0 Å². The Kier molecular flexibility index (Phi) is 4.13. The van der Waals surface area contributed by atoms with Crippen molar-refractivity contribution in [3.8, 4) is 5.75 Å². The van der Waals surface area contributed by atoms with Crippen LogP contribution in [0, 0.1) is 0 Å². The minimum atomic E-state index is -0.321. The summed E-state index contributed by atoms with van der Waals surface area (Å²) < 4.78 is 11.7. The number of ether oxygens (including phenoxy) is 2. The number of carbonyl (C=O) groups is 1. The Morgan fingerprint density at radius 2 is 1.96 bits per heavy atom. The van der Waals surface area contributed by atoms with Gasteiger partial charge in [-0.05, 0) is 18.4 Å². The van der Waals surface area contributed by atoms with Gasteiger partial charge in [0.15, 0.2) is 0 Å². The quantitative estimate of drug-likeness (QED) is 0.866. The van der Waals surface area contributed by atoms with Gasteiger partial charge < -0.3 is 19.5 Å². The van der Waals surface area contributed by atoms with Crippen LogP contribution in [-0.2, 0) is 9.47 Å². The molecule has 0 radical (unpaired) electrons. The highest BCUT2D eigenvalue weighted by atomic mass is 16.5. The molecule has 2 saturated heterocycles. The maximum Gasteiger partial charge on any atom is 0.257 e. The molecule has 0 saturated carbocycles. The summed E-state index contributed by atoms with van der Waals surface area (Å²) in [6.07, 6.45) is 1.56. The molecule has 2 aliphatic rings. The lowest BCUT2D eigenvalue weighted by atomic mass is 9.90. The van der Waals surface area contributed by atoms with Gasteiger partial charge in [-0.1, -0.05) is 30.3 Å². The van der Waals surface area contributed by atoms with Crippen LogP contribution in [0.4, 0.5) is 0 Å². The van der Waals surface area contributed by atoms with E-state index in [0.717, 1.165) is 18.2 Å². The normalized spacial score (nSPS) is 23.1. The van der Waals surface area contributed by atoms with Gasteiger partial charge in [-0.3, -0.25) is 4.79 Å². The molecule has 1 N–H and O–H groups in total. The molecule has 4 rings (SSSR count). The summed E-state index contributed by atoms with van der Waals surface area (Å²) in [5, 5.41) is 12.2. The Bertz CT molecular complexity index is 797. The van der Waals surface area contributed by atoms with Crippen LogP contribution in [-0.4, -0.2) is 53.9 Å². The highest BCUT2D eigenvalue weighted by Gasteiger charge is 2.42. The summed E-state index contributed by atoms with van der Waals surface area (Å²) in [7, 11) is 0. The zero-order valence-corrected chi connectivity index (χ0v) is 14.4. The van der Waals surface area contributed by atoms with Crippen LogP contribution in [0.25, 0.3) is 10.8 Å². The molecule has 1 atom stereocenters. The first-order valence-corrected chi connectivity index (χ1v) is 8.84. The maximum atomic E-state index is 13.1. The van der Waals surface area contributed by atoms with Crippen LogP contribution >= 0.6 is 0 Å². The number of morpholine rings is 1. The lowest BCUT2D eigenvalue weighted by Crippen LogP contribution is -2.58. The van der Waals surface area contributed by atoms with Crippen LogP contribution in [0.5, 0.6) is 5.75 Å². The summed E-state index contributed by atoms with van der Waals surface area (Å²) in [4.78, 5) is 14.9. The largest absolute Gasteiger partial charge is 0.506 e. The van der Waals surface area contributed by atoms with E-state index in [1.54, 1.807) is 6.07 Å². The van der Waals surface area contributed by atoms with Crippen LogP contribution in [0.3, 0.4) is 0 Å². The van der Waals surface area contributed by atoms with Gasteiger partial charge in [0.25, 0.3) is 5.91 Å². The van der Waals surface area contributed by atoms with Crippen molar-refractivity contribution >= 4 is 16.7 Å². The van der Waals surface area contributed by atoms with Crippen molar-refractivity contribution in [2.45, 2.75) is 31.5 Å². The third-order valence-corrected chi connectivity index (χ3v) is 5.23. The third kappa shape index (κ3) is 2.98. The number of carbonyl (C=O) groups excluding carboxylic acids is 1. The Balaban J connectivity index is 1.65. The van der Waals surface area contributed by atoms with Gasteiger partial charge in [0.2, 0.25) is 0 Å². The van der Waals surface area contributed by atoms with Crippen LogP contribution in [0.1, 0.15) is 30.1 Å². The van der Waals surface area contributed by atoms with Gasteiger partial charge in [-0.25, -0.2) is 0 Å². The molecule has 5 nitrogen and oxygen atoms in total. The van der Waals surface area contributed by atoms with Crippen molar-refractivity contribution in [3.63, 3.8) is 0 Å². The Morgan fingerprint density at radius 1 is 1.20 bits per heavy atom. The fourth-order valence-electron chi connectivity index (χ4n) is 4.00. The molecule has 5 heteroatoms. The molecule has 2 aromatic carbocycles. The average molecular weight is 341 g/mol. The molecule has 25 heavy (non-hydrogen) atoms. The average Bonchev–Trinajstić information content (AvgIpc) is 2.62. The van der Waals surface area contributed by atoms with E-state index in [2.05, 4.69) is 0 Å². The van der Waals surface area contributed by atoms with Crippen molar-refractivity contribution in [2.24, 2.45) is 0 Å². The number of hydrogen-bond acceptors (Lipinski definition) is 4. The fourth-order valence-corrected chi connectivity index (χ4v) is 4.00. The lowest BCUT2D eigenvalue weighted by molar-refractivity contribution is -0.176. The monoisotopic (exact) mass is 341 g/mol. The SMILES string of the molecule is CC1CN(C(=O)c2ccc3ccccc3c2O)CC2(CCOCC2)O1. The second-order valence-corrected chi connectivity index (χ2v) is 7.09. The number of amides is 1. The van der Waals surface area contributed by atoms with Crippen LogP contribution in [0.15, 0.2) is 36.4 Å². The van der Waals surface area contributed by atoms with Gasteiger partial charge in [-0.2, -0.15) is 0 Å². The number of benzene rings is 2. The van der Waals surface area contributed by atoms with Gasteiger partial charge >= 0.3 is 0 Å². The zero-order chi connectivity index (χ0) is 17.4. The van der Waals surface area contributed by atoms with E-state index in [-0.39, 0.29) is 23.4 Å². The predicted molar refractivity (Wildman–Crippen MR) is 94.8 cm³/mol. The lowest BCUT2D eigenvalue weighted by Gasteiger charge is -2.47. The first kappa shape index (κ1) is 16.4. The van der Waals surface area contributed by atoms with Gasteiger partial charge in [0, 0.05) is 38.0 Å². The van der Waals surface area contributed by atoms with E-state index in [1.807, 2.05) is 42.2 Å². The number of phenolic OH excluding ortho intramolecular Hbond substituents is 1. The topological polar surface area (TPSA) is 59.0 Å². The van der Waals surface area contributed by atoms with Gasteiger partial charge in [-0.15, -0.1) is 0 Å². The van der Waals surface area contributed by atoms with E-state index in [0.29, 0.717) is 37.3 Å². The fraction of sp³-hybridized carbons (Fsp3) is 0.450. The second-order valence-electron chi connectivity index (χ2n) is 7.09. The second kappa shape index (κ2) is 6.32. The summed E-state index contributed by atoms with van der Waals surface area (Å²) in [5.41, 5.74) is 0.0351. The highest BCUT2D eigenvalue weighted by molar-refractivity contribution is 6.03. The molecule has 0 bridgehead atoms. The van der Waals surface area contributed by atoms with Crippen molar-refractivity contribution in [1.82, 2.24) is 4.90 Å². The minimum absolute atomic E-state index is 0.0293. The Hall–Kier alpha value is -2.11. The van der Waals surface area contributed by atoms with E-state index in [1.165, 1.54) is 0 Å². The van der Waals surface area contributed by atoms with E-state index < -0.39 is 0 Å². The summed E-state index contributed by atoms with van der Waals surface area (Å²) in [6, 6.07) is 11.2. The molecular formula is C20H23NO4. The molecule has 2 aromatic rings. The van der Waals surface area contributed by atoms with E-state index >= 15 is 0 Å². The number of nitrogens with zero attached hydrogens (tertiary/aromatic N) is 1. The number of hydrogen-bond donors (Lipinski definition) is 1. The first-order valence-electron chi connectivity index (χ1n) is 8.84. The molecule has 0 aliphatic carbocycles. The molecule has 2 fully saturated rings. The third-order valence-electron chi connectivity index (χ3n) is 5.23. The molecule has 132 valence electrons. The summed E-state index contributed by atoms with van der Waals surface area (Å²) in [6.45, 7) is 4.41. The summed E-state index contributed by atoms with van der Waals surface area (Å²) in [5.74, 6) is -0.0763. The predicted octanol–water partition coefficient (Wildman–Crippen LogP) is 2.96. The minimum Gasteiger partial charge on any atom is -0.506 e. The molecule has 1 spiro atoms. The Labute approximate surface area is 147 Å². The van der Waals surface area contributed by atoms with Gasteiger partial charge in [0.05, 0.1) is 23.8 Å². The standard InChI is InChI=1S/C20H23NO4/c1-14-12-21(13-20(25-14)8-10-24-11-9-20)19(23)17-7-6-15-4-2-3-5-16(15)18(17)22/h2-7,14,22H,8-13H2,1H3. The van der Waals surface area contributed by atoms with E-state index in [9.17, 15) is 9.90 Å². The zero-order valence-electron chi connectivity index (χ0n) is 14.4.